The molecule has 414 valence electrons. The van der Waals surface area contributed by atoms with Gasteiger partial charge in [0.25, 0.3) is 6.29 Å². The van der Waals surface area contributed by atoms with Crippen molar-refractivity contribution >= 4 is 17.9 Å². The van der Waals surface area contributed by atoms with E-state index in [1.807, 2.05) is 21.1 Å². The summed E-state index contributed by atoms with van der Waals surface area (Å²) in [6, 6.07) is 0. The van der Waals surface area contributed by atoms with Gasteiger partial charge in [0.15, 0.2) is 6.10 Å². The normalized spacial score (nSPS) is 13.1. The standard InChI is InChI=1S/C62H113NO8/c1-6-8-10-12-14-16-18-20-22-24-26-28-29-30-31-33-35-37-39-41-43-45-47-49-51-53-60(65)71-58(57-70-62(61(66)67)68-55-54-63(3,4)5)56-69-59(64)52-50-48-46-44-42-40-38-36-34-32-27-25-23-21-19-17-15-13-11-9-7-2/h18,20,24-27,29-30,58,62H,6-17,19,21-23,28,31-57H2,1-5H3/p+1/b20-18-,26-24-,27-25-,30-29-. The largest absolute Gasteiger partial charge is 0.477 e. The molecule has 0 aromatic carbocycles. The molecule has 0 saturated heterocycles. The van der Waals surface area contributed by atoms with Crippen molar-refractivity contribution < 1.29 is 42.9 Å². The second-order valence-electron chi connectivity index (χ2n) is 21.3. The molecule has 0 saturated carbocycles. The topological polar surface area (TPSA) is 108 Å². The van der Waals surface area contributed by atoms with Crippen LogP contribution in [0.2, 0.25) is 0 Å². The number of hydrogen-bond acceptors (Lipinski definition) is 7. The molecule has 0 aliphatic rings. The Kier molecular flexibility index (Phi) is 51.5. The minimum absolute atomic E-state index is 0.184. The Hall–Kier alpha value is -2.75. The maximum Gasteiger partial charge on any atom is 0.361 e. The first-order chi connectivity index (χ1) is 34.6. The molecular weight excluding hydrogens is 887 g/mol. The molecule has 0 amide bonds. The first kappa shape index (κ1) is 68.2. The van der Waals surface area contributed by atoms with Gasteiger partial charge in [0.1, 0.15) is 13.2 Å². The van der Waals surface area contributed by atoms with Crippen LogP contribution in [-0.4, -0.2) is 87.4 Å². The zero-order chi connectivity index (χ0) is 52.0. The number of rotatable bonds is 55. The Morgan fingerprint density at radius 3 is 1.14 bits per heavy atom. The van der Waals surface area contributed by atoms with E-state index < -0.39 is 24.3 Å². The van der Waals surface area contributed by atoms with Gasteiger partial charge in [-0.25, -0.2) is 4.79 Å². The third-order valence-corrected chi connectivity index (χ3v) is 13.1. The molecule has 0 aliphatic heterocycles. The van der Waals surface area contributed by atoms with Gasteiger partial charge < -0.3 is 28.5 Å². The second kappa shape index (κ2) is 53.5. The van der Waals surface area contributed by atoms with Crippen molar-refractivity contribution in [1.29, 1.82) is 0 Å². The molecule has 0 rings (SSSR count). The lowest BCUT2D eigenvalue weighted by Gasteiger charge is -2.25. The summed E-state index contributed by atoms with van der Waals surface area (Å²) in [6.45, 7) is 4.89. The van der Waals surface area contributed by atoms with Crippen LogP contribution in [0.3, 0.4) is 0 Å². The molecule has 0 aromatic heterocycles. The lowest BCUT2D eigenvalue weighted by Crippen LogP contribution is -2.40. The number of ether oxygens (including phenoxy) is 4. The van der Waals surface area contributed by atoms with Crippen LogP contribution in [-0.2, 0) is 33.3 Å². The monoisotopic (exact) mass is 1000 g/mol. The lowest BCUT2D eigenvalue weighted by molar-refractivity contribution is -0.870. The minimum atomic E-state index is -1.51. The van der Waals surface area contributed by atoms with E-state index in [2.05, 4.69) is 62.5 Å². The highest BCUT2D eigenvalue weighted by Gasteiger charge is 2.25. The Morgan fingerprint density at radius 2 is 0.761 bits per heavy atom. The first-order valence-corrected chi connectivity index (χ1v) is 29.8. The van der Waals surface area contributed by atoms with Crippen molar-refractivity contribution in [1.82, 2.24) is 0 Å². The van der Waals surface area contributed by atoms with E-state index in [1.54, 1.807) is 0 Å². The van der Waals surface area contributed by atoms with Crippen molar-refractivity contribution in [3.05, 3.63) is 48.6 Å². The lowest BCUT2D eigenvalue weighted by atomic mass is 10.0. The average molecular weight is 1000 g/mol. The maximum atomic E-state index is 12.9. The molecule has 0 aromatic rings. The molecule has 9 nitrogen and oxygen atoms in total. The minimum Gasteiger partial charge on any atom is -0.477 e. The molecule has 2 atom stereocenters. The predicted molar refractivity (Wildman–Crippen MR) is 300 cm³/mol. The van der Waals surface area contributed by atoms with Crippen molar-refractivity contribution in [3.8, 4) is 0 Å². The number of carboxylic acid groups (broad SMARTS) is 1. The highest BCUT2D eigenvalue weighted by Crippen LogP contribution is 2.16. The molecule has 0 radical (unpaired) electrons. The van der Waals surface area contributed by atoms with Crippen LogP contribution in [0.25, 0.3) is 0 Å². The summed E-state index contributed by atoms with van der Waals surface area (Å²) in [5.74, 6) is -2.00. The van der Waals surface area contributed by atoms with Crippen molar-refractivity contribution in [3.63, 3.8) is 0 Å². The quantitative estimate of drug-likeness (QED) is 0.0211. The molecule has 0 fully saturated rings. The van der Waals surface area contributed by atoms with E-state index in [1.165, 1.54) is 186 Å². The Morgan fingerprint density at radius 1 is 0.423 bits per heavy atom. The number of carbonyl (C=O) groups is 3. The van der Waals surface area contributed by atoms with Crippen LogP contribution >= 0.6 is 0 Å². The van der Waals surface area contributed by atoms with Gasteiger partial charge in [0.2, 0.25) is 0 Å². The number of carbonyl (C=O) groups excluding carboxylic acids is 2. The predicted octanol–water partition coefficient (Wildman–Crippen LogP) is 17.5. The van der Waals surface area contributed by atoms with Gasteiger partial charge in [-0.05, 0) is 77.0 Å². The summed E-state index contributed by atoms with van der Waals surface area (Å²) in [7, 11) is 5.97. The molecule has 71 heavy (non-hydrogen) atoms. The summed E-state index contributed by atoms with van der Waals surface area (Å²) in [5, 5.41) is 9.71. The van der Waals surface area contributed by atoms with Crippen LogP contribution in [0, 0.1) is 0 Å². The maximum absolute atomic E-state index is 12.9. The third-order valence-electron chi connectivity index (χ3n) is 13.1. The molecule has 0 bridgehead atoms. The zero-order valence-corrected chi connectivity index (χ0v) is 47.1. The summed E-state index contributed by atoms with van der Waals surface area (Å²) in [6.07, 6.45) is 63.3. The van der Waals surface area contributed by atoms with Gasteiger partial charge in [-0.3, -0.25) is 9.59 Å². The van der Waals surface area contributed by atoms with Gasteiger partial charge in [0.05, 0.1) is 34.4 Å². The van der Waals surface area contributed by atoms with Crippen LogP contribution in [0.4, 0.5) is 0 Å². The molecular formula is C62H114NO8+. The number of esters is 2. The number of allylic oxidation sites excluding steroid dienone is 8. The fourth-order valence-electron chi connectivity index (χ4n) is 8.43. The van der Waals surface area contributed by atoms with Crippen molar-refractivity contribution in [2.75, 3.05) is 47.5 Å². The summed E-state index contributed by atoms with van der Waals surface area (Å²) >= 11 is 0. The van der Waals surface area contributed by atoms with E-state index in [4.69, 9.17) is 18.9 Å². The van der Waals surface area contributed by atoms with Gasteiger partial charge >= 0.3 is 17.9 Å². The summed E-state index contributed by atoms with van der Waals surface area (Å²) in [5.41, 5.74) is 0. The molecule has 0 spiro atoms. The number of quaternary nitrogens is 1. The van der Waals surface area contributed by atoms with Crippen LogP contribution in [0.1, 0.15) is 271 Å². The van der Waals surface area contributed by atoms with Gasteiger partial charge in [-0.2, -0.15) is 0 Å². The summed E-state index contributed by atoms with van der Waals surface area (Å²) in [4.78, 5) is 37.4. The Balaban J connectivity index is 4.24. The fraction of sp³-hybridized carbons (Fsp3) is 0.823. The van der Waals surface area contributed by atoms with E-state index in [9.17, 15) is 19.5 Å². The van der Waals surface area contributed by atoms with Gasteiger partial charge in [-0.1, -0.05) is 229 Å². The average Bonchev–Trinajstić information content (AvgIpc) is 3.34. The number of unbranched alkanes of at least 4 members (excludes halogenated alkanes) is 32. The zero-order valence-electron chi connectivity index (χ0n) is 47.1. The second-order valence-corrected chi connectivity index (χ2v) is 21.3. The number of hydrogen-bond donors (Lipinski definition) is 1. The number of aliphatic carboxylic acids is 1. The Bertz CT molecular complexity index is 1300. The highest BCUT2D eigenvalue weighted by atomic mass is 16.7. The number of likely N-dealkylation sites (N-methyl/N-ethyl adjacent to an activating group) is 1. The molecule has 0 heterocycles. The SMILES string of the molecule is CCCCCCC/C=C\C/C=C\C/C=C\CCCCCCCCCCCCC(=O)OC(COC(=O)CCCCCCCCCCC/C=C\CCCCCCCCCC)COC(OCC[N+](C)(C)C)C(=O)O. The number of nitrogens with zero attached hydrogens (tertiary/aromatic N) is 1. The van der Waals surface area contributed by atoms with E-state index >= 15 is 0 Å². The van der Waals surface area contributed by atoms with E-state index in [-0.39, 0.29) is 32.2 Å². The molecule has 0 aliphatic carbocycles. The van der Waals surface area contributed by atoms with Crippen molar-refractivity contribution in [2.24, 2.45) is 0 Å². The fourth-order valence-corrected chi connectivity index (χ4v) is 8.43. The van der Waals surface area contributed by atoms with Crippen LogP contribution in [0.15, 0.2) is 48.6 Å². The molecule has 2 unspecified atom stereocenters. The van der Waals surface area contributed by atoms with Crippen molar-refractivity contribution in [2.45, 2.75) is 283 Å². The van der Waals surface area contributed by atoms with Gasteiger partial charge in [0, 0.05) is 12.8 Å². The molecule has 1 N–H and O–H groups in total. The Labute approximate surface area is 438 Å². The van der Waals surface area contributed by atoms with Crippen LogP contribution in [0.5, 0.6) is 0 Å². The van der Waals surface area contributed by atoms with E-state index in [0.717, 1.165) is 57.8 Å². The van der Waals surface area contributed by atoms with E-state index in [0.29, 0.717) is 17.4 Å². The number of carboxylic acids is 1. The van der Waals surface area contributed by atoms with Gasteiger partial charge in [-0.15, -0.1) is 0 Å². The first-order valence-electron chi connectivity index (χ1n) is 29.8. The highest BCUT2D eigenvalue weighted by molar-refractivity contribution is 5.71. The smallest absolute Gasteiger partial charge is 0.361 e. The summed E-state index contributed by atoms with van der Waals surface area (Å²) < 4.78 is 22.9. The third kappa shape index (κ3) is 54.9. The molecule has 9 heteroatoms. The van der Waals surface area contributed by atoms with Crippen LogP contribution < -0.4 is 0 Å².